The van der Waals surface area contributed by atoms with Crippen LogP contribution in [0.1, 0.15) is 65.2 Å². The van der Waals surface area contributed by atoms with E-state index in [0.717, 1.165) is 12.0 Å². The van der Waals surface area contributed by atoms with Gasteiger partial charge in [0, 0.05) is 6.04 Å². The van der Waals surface area contributed by atoms with Crippen molar-refractivity contribution in [1.29, 1.82) is 0 Å². The monoisotopic (exact) mass is 209 g/mol. The van der Waals surface area contributed by atoms with Gasteiger partial charge in [-0.25, -0.2) is 0 Å². The average molecular weight is 209 g/mol. The first-order chi connectivity index (χ1) is 7.24. The molecular weight excluding hydrogens is 182 g/mol. The van der Waals surface area contributed by atoms with Gasteiger partial charge in [0.05, 0.1) is 0 Å². The fraction of sp³-hybridized carbons (Fsp3) is 1.00. The van der Waals surface area contributed by atoms with Crippen LogP contribution in [0.2, 0.25) is 0 Å². The summed E-state index contributed by atoms with van der Waals surface area (Å²) in [6.07, 6.45) is 11.6. The van der Waals surface area contributed by atoms with Crippen molar-refractivity contribution in [1.82, 2.24) is 5.32 Å². The van der Waals surface area contributed by atoms with E-state index in [0.29, 0.717) is 5.41 Å². The lowest BCUT2D eigenvalue weighted by atomic mass is 9.88. The van der Waals surface area contributed by atoms with E-state index in [-0.39, 0.29) is 0 Å². The molecular formula is C14H27N. The SMILES string of the molecule is CCCNC(CC1CCCC1)C1(C)CC1. The largest absolute Gasteiger partial charge is 0.313 e. The molecule has 1 atom stereocenters. The highest BCUT2D eigenvalue weighted by Crippen LogP contribution is 2.50. The van der Waals surface area contributed by atoms with Crippen molar-refractivity contribution >= 4 is 0 Å². The van der Waals surface area contributed by atoms with Crippen molar-refractivity contribution in [3.8, 4) is 0 Å². The molecule has 88 valence electrons. The predicted octanol–water partition coefficient (Wildman–Crippen LogP) is 3.74. The van der Waals surface area contributed by atoms with Gasteiger partial charge in [-0.15, -0.1) is 0 Å². The molecule has 0 amide bonds. The van der Waals surface area contributed by atoms with Crippen LogP contribution >= 0.6 is 0 Å². The third-order valence-corrected chi connectivity index (χ3v) is 4.56. The Labute approximate surface area is 95.0 Å². The van der Waals surface area contributed by atoms with E-state index < -0.39 is 0 Å². The van der Waals surface area contributed by atoms with Crippen LogP contribution in [0, 0.1) is 11.3 Å². The Morgan fingerprint density at radius 1 is 1.27 bits per heavy atom. The number of nitrogens with one attached hydrogen (secondary N) is 1. The number of hydrogen-bond donors (Lipinski definition) is 1. The summed E-state index contributed by atoms with van der Waals surface area (Å²) in [6.45, 7) is 5.97. The summed E-state index contributed by atoms with van der Waals surface area (Å²) in [7, 11) is 0. The van der Waals surface area contributed by atoms with E-state index in [1.165, 1.54) is 57.9 Å². The molecule has 0 saturated heterocycles. The molecule has 0 aromatic heterocycles. The van der Waals surface area contributed by atoms with Crippen LogP contribution < -0.4 is 5.32 Å². The van der Waals surface area contributed by atoms with Crippen LogP contribution in [-0.2, 0) is 0 Å². The standard InChI is InChI=1S/C14H27N/c1-3-10-15-13(14(2)8-9-14)11-12-6-4-5-7-12/h12-13,15H,3-11H2,1-2H3. The van der Waals surface area contributed by atoms with Crippen LogP contribution in [0.3, 0.4) is 0 Å². The van der Waals surface area contributed by atoms with Gasteiger partial charge in [-0.3, -0.25) is 0 Å². The molecule has 2 rings (SSSR count). The molecule has 0 aliphatic heterocycles. The second-order valence-corrected chi connectivity index (χ2v) is 6.05. The Morgan fingerprint density at radius 3 is 2.47 bits per heavy atom. The second kappa shape index (κ2) is 4.86. The molecule has 2 saturated carbocycles. The molecule has 2 fully saturated rings. The highest BCUT2D eigenvalue weighted by molar-refractivity contribution is 4.99. The molecule has 0 heterocycles. The topological polar surface area (TPSA) is 12.0 Å². The Kier molecular flexibility index (Phi) is 3.71. The van der Waals surface area contributed by atoms with E-state index in [4.69, 9.17) is 0 Å². The zero-order valence-electron chi connectivity index (χ0n) is 10.5. The molecule has 1 unspecified atom stereocenters. The fourth-order valence-corrected chi connectivity index (χ4v) is 3.06. The lowest BCUT2D eigenvalue weighted by Gasteiger charge is -2.27. The predicted molar refractivity (Wildman–Crippen MR) is 66.0 cm³/mol. The molecule has 1 heteroatoms. The second-order valence-electron chi connectivity index (χ2n) is 6.05. The van der Waals surface area contributed by atoms with Crippen molar-refractivity contribution in [3.63, 3.8) is 0 Å². The molecule has 2 aliphatic rings. The third kappa shape index (κ3) is 2.96. The third-order valence-electron chi connectivity index (χ3n) is 4.56. The van der Waals surface area contributed by atoms with E-state index in [9.17, 15) is 0 Å². The minimum Gasteiger partial charge on any atom is -0.313 e. The fourth-order valence-electron chi connectivity index (χ4n) is 3.06. The Morgan fingerprint density at radius 2 is 1.93 bits per heavy atom. The molecule has 0 aromatic rings. The summed E-state index contributed by atoms with van der Waals surface area (Å²) in [4.78, 5) is 0. The maximum atomic E-state index is 3.80. The molecule has 2 aliphatic carbocycles. The summed E-state index contributed by atoms with van der Waals surface area (Å²) < 4.78 is 0. The summed E-state index contributed by atoms with van der Waals surface area (Å²) in [5.74, 6) is 1.04. The van der Waals surface area contributed by atoms with Gasteiger partial charge in [-0.05, 0) is 43.6 Å². The zero-order valence-corrected chi connectivity index (χ0v) is 10.5. The summed E-state index contributed by atoms with van der Waals surface area (Å²) in [5, 5.41) is 3.80. The summed E-state index contributed by atoms with van der Waals surface area (Å²) in [5.41, 5.74) is 0.664. The smallest absolute Gasteiger partial charge is 0.0123 e. The van der Waals surface area contributed by atoms with Crippen LogP contribution in [0.4, 0.5) is 0 Å². The molecule has 1 N–H and O–H groups in total. The summed E-state index contributed by atoms with van der Waals surface area (Å²) in [6, 6.07) is 0.820. The van der Waals surface area contributed by atoms with Crippen LogP contribution in [-0.4, -0.2) is 12.6 Å². The first-order valence-electron chi connectivity index (χ1n) is 6.98. The Balaban J connectivity index is 1.81. The number of hydrogen-bond acceptors (Lipinski definition) is 1. The van der Waals surface area contributed by atoms with Gasteiger partial charge in [0.1, 0.15) is 0 Å². The zero-order chi connectivity index (χ0) is 10.7. The quantitative estimate of drug-likeness (QED) is 0.703. The van der Waals surface area contributed by atoms with Crippen LogP contribution in [0.5, 0.6) is 0 Å². The first kappa shape index (κ1) is 11.4. The van der Waals surface area contributed by atoms with Crippen LogP contribution in [0.15, 0.2) is 0 Å². The van der Waals surface area contributed by atoms with Gasteiger partial charge >= 0.3 is 0 Å². The van der Waals surface area contributed by atoms with Gasteiger partial charge in [0.2, 0.25) is 0 Å². The van der Waals surface area contributed by atoms with Gasteiger partial charge in [-0.2, -0.15) is 0 Å². The highest BCUT2D eigenvalue weighted by Gasteiger charge is 2.45. The lowest BCUT2D eigenvalue weighted by molar-refractivity contribution is 0.290. The maximum Gasteiger partial charge on any atom is 0.0123 e. The lowest BCUT2D eigenvalue weighted by Crippen LogP contribution is -2.38. The maximum absolute atomic E-state index is 3.80. The van der Waals surface area contributed by atoms with Gasteiger partial charge in [-0.1, -0.05) is 39.5 Å². The Hall–Kier alpha value is -0.0400. The van der Waals surface area contributed by atoms with E-state index in [1.807, 2.05) is 0 Å². The van der Waals surface area contributed by atoms with E-state index >= 15 is 0 Å². The minimum atomic E-state index is 0.664. The van der Waals surface area contributed by atoms with Crippen molar-refractivity contribution in [2.24, 2.45) is 11.3 Å². The molecule has 0 aromatic carbocycles. The van der Waals surface area contributed by atoms with Gasteiger partial charge in [0.25, 0.3) is 0 Å². The summed E-state index contributed by atoms with van der Waals surface area (Å²) >= 11 is 0. The molecule has 15 heavy (non-hydrogen) atoms. The molecule has 0 bridgehead atoms. The highest BCUT2D eigenvalue weighted by atomic mass is 14.9. The number of rotatable bonds is 6. The minimum absolute atomic E-state index is 0.664. The van der Waals surface area contributed by atoms with Crippen molar-refractivity contribution in [2.75, 3.05) is 6.54 Å². The van der Waals surface area contributed by atoms with Crippen molar-refractivity contribution < 1.29 is 0 Å². The van der Waals surface area contributed by atoms with Crippen molar-refractivity contribution in [2.45, 2.75) is 71.3 Å². The van der Waals surface area contributed by atoms with Gasteiger partial charge in [0.15, 0.2) is 0 Å². The molecule has 1 nitrogen and oxygen atoms in total. The van der Waals surface area contributed by atoms with Gasteiger partial charge < -0.3 is 5.32 Å². The molecule has 0 spiro atoms. The van der Waals surface area contributed by atoms with Crippen molar-refractivity contribution in [3.05, 3.63) is 0 Å². The molecule has 0 radical (unpaired) electrons. The van der Waals surface area contributed by atoms with E-state index in [1.54, 1.807) is 0 Å². The average Bonchev–Trinajstić information content (AvgIpc) is 2.80. The Bertz CT molecular complexity index is 190. The van der Waals surface area contributed by atoms with Crippen LogP contribution in [0.25, 0.3) is 0 Å². The van der Waals surface area contributed by atoms with E-state index in [2.05, 4.69) is 19.2 Å². The normalized spacial score (nSPS) is 26.8. The first-order valence-corrected chi connectivity index (χ1v) is 6.98.